The molecule has 0 bridgehead atoms. The summed E-state index contributed by atoms with van der Waals surface area (Å²) in [6.45, 7) is 8.67. The molecule has 34 heavy (non-hydrogen) atoms. The van der Waals surface area contributed by atoms with E-state index in [1.807, 2.05) is 6.92 Å². The number of carboxylic acid groups (broad SMARTS) is 1. The molecule has 1 atom stereocenters. The van der Waals surface area contributed by atoms with E-state index in [-0.39, 0.29) is 17.8 Å². The van der Waals surface area contributed by atoms with E-state index in [0.29, 0.717) is 5.75 Å². The van der Waals surface area contributed by atoms with E-state index in [2.05, 4.69) is 39.0 Å². The first-order valence-corrected chi connectivity index (χ1v) is 14.3. The molecule has 1 aromatic carbocycles. The summed E-state index contributed by atoms with van der Waals surface area (Å²) in [6.07, 6.45) is 21.6. The molecule has 0 heterocycles. The first-order valence-electron chi connectivity index (χ1n) is 14.3. The second kappa shape index (κ2) is 17.9. The maximum atomic E-state index is 11.0. The highest BCUT2D eigenvalue weighted by molar-refractivity contribution is 5.66. The van der Waals surface area contributed by atoms with Gasteiger partial charge in [0.15, 0.2) is 0 Å². The van der Waals surface area contributed by atoms with Gasteiger partial charge in [0.2, 0.25) is 0 Å². The molecule has 1 unspecified atom stereocenters. The topological polar surface area (TPSA) is 57.5 Å². The number of aryl methyl sites for hydroxylation is 1. The number of unbranched alkanes of at least 4 members (excludes halogenated alkanes) is 12. The van der Waals surface area contributed by atoms with Crippen molar-refractivity contribution in [2.45, 2.75) is 149 Å². The number of carbonyl (C=O) groups is 1. The van der Waals surface area contributed by atoms with Gasteiger partial charge in [0.1, 0.15) is 5.75 Å². The van der Waals surface area contributed by atoms with Gasteiger partial charge in [-0.3, -0.25) is 4.79 Å². The van der Waals surface area contributed by atoms with E-state index in [1.165, 1.54) is 77.0 Å². The van der Waals surface area contributed by atoms with Crippen LogP contribution in [0.5, 0.6) is 5.75 Å². The summed E-state index contributed by atoms with van der Waals surface area (Å²) in [5, 5.41) is 19.9. The van der Waals surface area contributed by atoms with Crippen molar-refractivity contribution < 1.29 is 15.0 Å². The number of phenolic OH excluding ortho intramolecular Hbond substituents is 1. The summed E-state index contributed by atoms with van der Waals surface area (Å²) in [7, 11) is 0. The Morgan fingerprint density at radius 2 is 1.38 bits per heavy atom. The highest BCUT2D eigenvalue weighted by Crippen LogP contribution is 2.38. The zero-order chi connectivity index (χ0) is 25.2. The molecule has 0 aliphatic rings. The molecule has 196 valence electrons. The molecule has 3 nitrogen and oxygen atoms in total. The minimum atomic E-state index is -0.717. The van der Waals surface area contributed by atoms with Crippen LogP contribution >= 0.6 is 0 Å². The van der Waals surface area contributed by atoms with Crippen LogP contribution in [0.15, 0.2) is 18.2 Å². The van der Waals surface area contributed by atoms with E-state index in [1.54, 1.807) is 0 Å². The van der Waals surface area contributed by atoms with Gasteiger partial charge in [0.25, 0.3) is 0 Å². The third kappa shape index (κ3) is 13.4. The molecule has 0 radical (unpaired) electrons. The number of benzene rings is 1. The van der Waals surface area contributed by atoms with Gasteiger partial charge in [0, 0.05) is 6.42 Å². The Morgan fingerprint density at radius 1 is 0.853 bits per heavy atom. The Balaban J connectivity index is 2.27. The fourth-order valence-corrected chi connectivity index (χ4v) is 5.10. The van der Waals surface area contributed by atoms with Crippen molar-refractivity contribution >= 4 is 5.97 Å². The monoisotopic (exact) mass is 474 g/mol. The minimum Gasteiger partial charge on any atom is -0.507 e. The standard InChI is InChI=1S/C31H54O3/c1-5-6-7-8-9-10-11-12-13-14-15-16-17-21-27-22-18-23-28(30(27)34)31(3,4)24-19-20-26(2)25-29(32)33/h18,22-23,26,34H,5-17,19-21,24-25H2,1-4H3,(H,32,33). The normalized spacial score (nSPS) is 12.7. The Labute approximate surface area is 210 Å². The van der Waals surface area contributed by atoms with Crippen molar-refractivity contribution in [3.63, 3.8) is 0 Å². The van der Waals surface area contributed by atoms with Crippen molar-refractivity contribution in [3.05, 3.63) is 29.3 Å². The van der Waals surface area contributed by atoms with Gasteiger partial charge < -0.3 is 10.2 Å². The summed E-state index contributed by atoms with van der Waals surface area (Å²) in [5.41, 5.74) is 2.00. The Bertz CT molecular complexity index is 665. The van der Waals surface area contributed by atoms with Crippen molar-refractivity contribution in [1.82, 2.24) is 0 Å². The summed E-state index contributed by atoms with van der Waals surface area (Å²) < 4.78 is 0. The van der Waals surface area contributed by atoms with E-state index < -0.39 is 5.97 Å². The van der Waals surface area contributed by atoms with Gasteiger partial charge in [-0.1, -0.05) is 136 Å². The molecule has 0 fully saturated rings. The van der Waals surface area contributed by atoms with Crippen LogP contribution in [0.2, 0.25) is 0 Å². The van der Waals surface area contributed by atoms with E-state index >= 15 is 0 Å². The maximum Gasteiger partial charge on any atom is 0.303 e. The molecule has 0 spiro atoms. The molecule has 0 saturated heterocycles. The first kappa shape index (κ1) is 30.5. The molecule has 2 N–H and O–H groups in total. The molecule has 0 aromatic heterocycles. The Hall–Kier alpha value is -1.51. The van der Waals surface area contributed by atoms with Gasteiger partial charge in [-0.25, -0.2) is 0 Å². The van der Waals surface area contributed by atoms with Crippen LogP contribution in [0.4, 0.5) is 0 Å². The van der Waals surface area contributed by atoms with Gasteiger partial charge in [0.05, 0.1) is 0 Å². The molecule has 0 aliphatic heterocycles. The molecule has 0 amide bonds. The lowest BCUT2D eigenvalue weighted by atomic mass is 9.78. The quantitative estimate of drug-likeness (QED) is 0.174. The molecule has 1 rings (SSSR count). The zero-order valence-electron chi connectivity index (χ0n) is 22.8. The van der Waals surface area contributed by atoms with E-state index in [9.17, 15) is 9.90 Å². The minimum absolute atomic E-state index is 0.112. The number of hydrogen-bond donors (Lipinski definition) is 2. The van der Waals surface area contributed by atoms with Crippen LogP contribution in [0.25, 0.3) is 0 Å². The number of aliphatic carboxylic acids is 1. The average Bonchev–Trinajstić information content (AvgIpc) is 2.77. The molecule has 1 aromatic rings. The van der Waals surface area contributed by atoms with Crippen LogP contribution in [0.3, 0.4) is 0 Å². The summed E-state index contributed by atoms with van der Waals surface area (Å²) in [6, 6.07) is 6.22. The first-order chi connectivity index (χ1) is 16.3. The smallest absolute Gasteiger partial charge is 0.303 e. The lowest BCUT2D eigenvalue weighted by molar-refractivity contribution is -0.138. The Morgan fingerprint density at radius 3 is 1.91 bits per heavy atom. The fourth-order valence-electron chi connectivity index (χ4n) is 5.10. The second-order valence-electron chi connectivity index (χ2n) is 11.3. The maximum absolute atomic E-state index is 11.0. The van der Waals surface area contributed by atoms with Crippen LogP contribution in [0, 0.1) is 5.92 Å². The number of phenols is 1. The predicted molar refractivity (Wildman–Crippen MR) is 146 cm³/mol. The van der Waals surface area contributed by atoms with Crippen LogP contribution in [-0.4, -0.2) is 16.2 Å². The zero-order valence-corrected chi connectivity index (χ0v) is 22.8. The lowest BCUT2D eigenvalue weighted by Crippen LogP contribution is -2.18. The number of hydrogen-bond acceptors (Lipinski definition) is 2. The predicted octanol–water partition coefficient (Wildman–Crippen LogP) is 9.58. The second-order valence-corrected chi connectivity index (χ2v) is 11.3. The van der Waals surface area contributed by atoms with Crippen LogP contribution < -0.4 is 0 Å². The summed E-state index contributed by atoms with van der Waals surface area (Å²) in [5.74, 6) is -0.0425. The number of rotatable bonds is 21. The lowest BCUT2D eigenvalue weighted by Gasteiger charge is -2.27. The van der Waals surface area contributed by atoms with E-state index in [0.717, 1.165) is 43.2 Å². The number of carboxylic acids is 1. The molecular formula is C31H54O3. The van der Waals surface area contributed by atoms with E-state index in [4.69, 9.17) is 5.11 Å². The van der Waals surface area contributed by atoms with Crippen molar-refractivity contribution in [2.24, 2.45) is 5.92 Å². The average molecular weight is 475 g/mol. The molecular weight excluding hydrogens is 420 g/mol. The molecule has 3 heteroatoms. The van der Waals surface area contributed by atoms with Gasteiger partial charge in [-0.15, -0.1) is 0 Å². The van der Waals surface area contributed by atoms with Crippen LogP contribution in [-0.2, 0) is 16.6 Å². The highest BCUT2D eigenvalue weighted by Gasteiger charge is 2.25. The van der Waals surface area contributed by atoms with Crippen molar-refractivity contribution in [3.8, 4) is 5.75 Å². The van der Waals surface area contributed by atoms with Gasteiger partial charge >= 0.3 is 5.97 Å². The largest absolute Gasteiger partial charge is 0.507 e. The summed E-state index contributed by atoms with van der Waals surface area (Å²) >= 11 is 0. The fraction of sp³-hybridized carbons (Fsp3) is 0.774. The van der Waals surface area contributed by atoms with Crippen LogP contribution in [0.1, 0.15) is 148 Å². The van der Waals surface area contributed by atoms with Crippen molar-refractivity contribution in [1.29, 1.82) is 0 Å². The Kier molecular flexibility index (Phi) is 16.0. The third-order valence-corrected chi connectivity index (χ3v) is 7.42. The number of para-hydroxylation sites is 1. The van der Waals surface area contributed by atoms with Gasteiger partial charge in [-0.2, -0.15) is 0 Å². The summed E-state index contributed by atoms with van der Waals surface area (Å²) in [4.78, 5) is 10.9. The molecule has 0 saturated carbocycles. The van der Waals surface area contributed by atoms with Gasteiger partial charge in [-0.05, 0) is 41.7 Å². The van der Waals surface area contributed by atoms with Crippen molar-refractivity contribution in [2.75, 3.05) is 0 Å². The highest BCUT2D eigenvalue weighted by atomic mass is 16.4. The number of aromatic hydroxyl groups is 1. The SMILES string of the molecule is CCCCCCCCCCCCCCCc1cccc(C(C)(C)CCCC(C)CC(=O)O)c1O. The molecule has 0 aliphatic carbocycles. The third-order valence-electron chi connectivity index (χ3n) is 7.42.